The summed E-state index contributed by atoms with van der Waals surface area (Å²) in [5.41, 5.74) is 3.12. The van der Waals surface area contributed by atoms with Gasteiger partial charge in [0, 0.05) is 18.8 Å². The molecule has 1 aromatic carbocycles. The number of carbonyl (C=O) groups is 1. The first-order valence-electron chi connectivity index (χ1n) is 10.1. The van der Waals surface area contributed by atoms with Gasteiger partial charge in [0.25, 0.3) is 0 Å². The van der Waals surface area contributed by atoms with Crippen LogP contribution in [0.15, 0.2) is 24.4 Å². The summed E-state index contributed by atoms with van der Waals surface area (Å²) in [6.07, 6.45) is 12.8. The standard InChI is InChI=1S/C23H32FNO2/c1-4-5-6-7-8-9-10-11-13-18-14-12-15-19(17(18)2)20-16-25(3)22(21(20)24)23(26)27/h12,14-16H,4-11,13H2,1-3H3,(H,26,27). The minimum atomic E-state index is -1.24. The van der Waals surface area contributed by atoms with Gasteiger partial charge in [-0.05, 0) is 36.5 Å². The number of carboxylic acid groups (broad SMARTS) is 1. The molecule has 0 saturated carbocycles. The fraction of sp³-hybridized carbons (Fsp3) is 0.522. The van der Waals surface area contributed by atoms with Gasteiger partial charge in [0.2, 0.25) is 0 Å². The van der Waals surface area contributed by atoms with Crippen molar-refractivity contribution in [2.45, 2.75) is 71.6 Å². The number of halogens is 1. The number of unbranched alkanes of at least 4 members (excludes halogenated alkanes) is 7. The molecule has 4 heteroatoms. The molecule has 0 atom stereocenters. The monoisotopic (exact) mass is 373 g/mol. The first-order valence-corrected chi connectivity index (χ1v) is 10.1. The average molecular weight is 374 g/mol. The van der Waals surface area contributed by atoms with E-state index in [-0.39, 0.29) is 5.69 Å². The van der Waals surface area contributed by atoms with Crippen molar-refractivity contribution in [2.24, 2.45) is 7.05 Å². The molecule has 1 N–H and O–H groups in total. The van der Waals surface area contributed by atoms with Crippen molar-refractivity contribution in [1.29, 1.82) is 0 Å². The van der Waals surface area contributed by atoms with Crippen molar-refractivity contribution >= 4 is 5.97 Å². The van der Waals surface area contributed by atoms with Crippen LogP contribution in [0.2, 0.25) is 0 Å². The van der Waals surface area contributed by atoms with Crippen molar-refractivity contribution in [3.8, 4) is 11.1 Å². The predicted molar refractivity (Wildman–Crippen MR) is 109 cm³/mol. The van der Waals surface area contributed by atoms with Gasteiger partial charge in [-0.3, -0.25) is 0 Å². The molecule has 0 amide bonds. The van der Waals surface area contributed by atoms with Gasteiger partial charge in [-0.15, -0.1) is 0 Å². The van der Waals surface area contributed by atoms with Crippen molar-refractivity contribution in [1.82, 2.24) is 4.57 Å². The summed E-state index contributed by atoms with van der Waals surface area (Å²) in [5.74, 6) is -1.90. The summed E-state index contributed by atoms with van der Waals surface area (Å²) >= 11 is 0. The maximum Gasteiger partial charge on any atom is 0.355 e. The number of rotatable bonds is 11. The molecule has 0 spiro atoms. The molecule has 0 fully saturated rings. The summed E-state index contributed by atoms with van der Waals surface area (Å²) in [6, 6.07) is 5.91. The van der Waals surface area contributed by atoms with Gasteiger partial charge in [0.05, 0.1) is 0 Å². The third-order valence-corrected chi connectivity index (χ3v) is 5.36. The van der Waals surface area contributed by atoms with Crippen LogP contribution in [-0.4, -0.2) is 15.6 Å². The second-order valence-electron chi connectivity index (χ2n) is 7.44. The molecule has 0 aliphatic heterocycles. The summed E-state index contributed by atoms with van der Waals surface area (Å²) in [7, 11) is 1.57. The molecule has 0 aliphatic rings. The Hall–Kier alpha value is -2.10. The molecule has 0 saturated heterocycles. The number of aromatic carboxylic acids is 1. The maximum absolute atomic E-state index is 14.6. The zero-order chi connectivity index (χ0) is 19.8. The van der Waals surface area contributed by atoms with Gasteiger partial charge in [-0.2, -0.15) is 0 Å². The van der Waals surface area contributed by atoms with E-state index in [0.717, 1.165) is 24.0 Å². The topological polar surface area (TPSA) is 42.2 Å². The summed E-state index contributed by atoms with van der Waals surface area (Å²) < 4.78 is 16.0. The quantitative estimate of drug-likeness (QED) is 0.456. The van der Waals surface area contributed by atoms with Crippen molar-refractivity contribution in [3.05, 3.63) is 47.0 Å². The highest BCUT2D eigenvalue weighted by molar-refractivity contribution is 5.89. The summed E-state index contributed by atoms with van der Waals surface area (Å²) in [5, 5.41) is 9.20. The highest BCUT2D eigenvalue weighted by atomic mass is 19.1. The van der Waals surface area contributed by atoms with E-state index in [0.29, 0.717) is 5.56 Å². The molecular formula is C23H32FNO2. The first kappa shape index (κ1) is 21.2. The smallest absolute Gasteiger partial charge is 0.355 e. The molecule has 1 aromatic heterocycles. The van der Waals surface area contributed by atoms with E-state index in [1.54, 1.807) is 13.2 Å². The molecule has 0 unspecified atom stereocenters. The Bertz CT molecular complexity index is 764. The van der Waals surface area contributed by atoms with E-state index >= 15 is 0 Å². The van der Waals surface area contributed by atoms with Crippen molar-refractivity contribution < 1.29 is 14.3 Å². The lowest BCUT2D eigenvalue weighted by Gasteiger charge is -2.11. The summed E-state index contributed by atoms with van der Waals surface area (Å²) in [4.78, 5) is 11.3. The normalized spacial score (nSPS) is 11.1. The van der Waals surface area contributed by atoms with Gasteiger partial charge in [0.15, 0.2) is 11.5 Å². The molecule has 2 rings (SSSR count). The molecule has 0 bridgehead atoms. The maximum atomic E-state index is 14.6. The Morgan fingerprint density at radius 2 is 1.67 bits per heavy atom. The average Bonchev–Trinajstić information content (AvgIpc) is 2.93. The third-order valence-electron chi connectivity index (χ3n) is 5.36. The van der Waals surface area contributed by atoms with Crippen LogP contribution in [0.25, 0.3) is 11.1 Å². The lowest BCUT2D eigenvalue weighted by Crippen LogP contribution is -2.05. The van der Waals surface area contributed by atoms with Crippen LogP contribution in [0.5, 0.6) is 0 Å². The van der Waals surface area contributed by atoms with Gasteiger partial charge < -0.3 is 9.67 Å². The van der Waals surface area contributed by atoms with Crippen molar-refractivity contribution in [2.75, 3.05) is 0 Å². The van der Waals surface area contributed by atoms with E-state index in [4.69, 9.17) is 0 Å². The van der Waals surface area contributed by atoms with Crippen LogP contribution in [0.3, 0.4) is 0 Å². The van der Waals surface area contributed by atoms with E-state index in [2.05, 4.69) is 13.0 Å². The third kappa shape index (κ3) is 5.44. The second-order valence-corrected chi connectivity index (χ2v) is 7.44. The lowest BCUT2D eigenvalue weighted by atomic mass is 9.94. The minimum Gasteiger partial charge on any atom is -0.476 e. The predicted octanol–water partition coefficient (Wildman–Crippen LogP) is 6.52. The molecule has 2 aromatic rings. The van der Waals surface area contributed by atoms with E-state index in [1.807, 2.05) is 19.1 Å². The van der Waals surface area contributed by atoms with Crippen LogP contribution >= 0.6 is 0 Å². The molecule has 1 heterocycles. The molecule has 0 radical (unpaired) electrons. The van der Waals surface area contributed by atoms with E-state index in [1.165, 1.54) is 55.1 Å². The van der Waals surface area contributed by atoms with Gasteiger partial charge in [0.1, 0.15) is 0 Å². The summed E-state index contributed by atoms with van der Waals surface area (Å²) in [6.45, 7) is 4.24. The van der Waals surface area contributed by atoms with Crippen LogP contribution in [-0.2, 0) is 13.5 Å². The number of hydrogen-bond donors (Lipinski definition) is 1. The Labute approximate surface area is 162 Å². The number of benzene rings is 1. The second kappa shape index (κ2) is 10.3. The SMILES string of the molecule is CCCCCCCCCCc1cccc(-c2cn(C)c(C(=O)O)c2F)c1C. The molecule has 3 nitrogen and oxygen atoms in total. The van der Waals surface area contributed by atoms with Gasteiger partial charge in [-0.1, -0.05) is 70.1 Å². The molecule has 27 heavy (non-hydrogen) atoms. The fourth-order valence-electron chi connectivity index (χ4n) is 3.73. The van der Waals surface area contributed by atoms with Crippen LogP contribution in [0.4, 0.5) is 4.39 Å². The van der Waals surface area contributed by atoms with Crippen molar-refractivity contribution in [3.63, 3.8) is 0 Å². The fourth-order valence-corrected chi connectivity index (χ4v) is 3.73. The first-order chi connectivity index (χ1) is 13.0. The highest BCUT2D eigenvalue weighted by Gasteiger charge is 2.22. The highest BCUT2D eigenvalue weighted by Crippen LogP contribution is 2.31. The number of hydrogen-bond acceptors (Lipinski definition) is 1. The van der Waals surface area contributed by atoms with E-state index in [9.17, 15) is 14.3 Å². The van der Waals surface area contributed by atoms with Crippen LogP contribution in [0.1, 0.15) is 79.9 Å². The Balaban J connectivity index is 2.00. The Kier molecular flexibility index (Phi) is 8.08. The number of aromatic nitrogens is 1. The van der Waals surface area contributed by atoms with Gasteiger partial charge in [-0.25, -0.2) is 9.18 Å². The van der Waals surface area contributed by atoms with Crippen LogP contribution in [0, 0.1) is 12.7 Å². The zero-order valence-electron chi connectivity index (χ0n) is 16.9. The minimum absolute atomic E-state index is 0.294. The Morgan fingerprint density at radius 3 is 2.26 bits per heavy atom. The number of nitrogens with zero attached hydrogens (tertiary/aromatic N) is 1. The molecule has 0 aliphatic carbocycles. The molecule has 148 valence electrons. The van der Waals surface area contributed by atoms with E-state index < -0.39 is 11.8 Å². The van der Waals surface area contributed by atoms with Gasteiger partial charge >= 0.3 is 5.97 Å². The number of carboxylic acids is 1. The largest absolute Gasteiger partial charge is 0.476 e. The molecular weight excluding hydrogens is 341 g/mol. The zero-order valence-corrected chi connectivity index (χ0v) is 16.9. The lowest BCUT2D eigenvalue weighted by molar-refractivity contribution is 0.0681. The number of aryl methyl sites for hydroxylation is 2. The Morgan fingerprint density at radius 1 is 1.04 bits per heavy atom. The van der Waals surface area contributed by atoms with Crippen LogP contribution < -0.4 is 0 Å².